The number of carbonyl (C=O) groups is 2. The molecule has 0 bridgehead atoms. The number of aryl methyl sites for hydroxylation is 1. The molecule has 0 unspecified atom stereocenters. The molecule has 2 rings (SSSR count). The van der Waals surface area contributed by atoms with E-state index in [1.54, 1.807) is 6.92 Å². The molecule has 9 heteroatoms. The Morgan fingerprint density at radius 1 is 1.12 bits per heavy atom. The third-order valence-corrected chi connectivity index (χ3v) is 4.43. The van der Waals surface area contributed by atoms with Crippen LogP contribution in [0.15, 0.2) is 6.07 Å². The topological polar surface area (TPSA) is 99.6 Å². The first-order valence-electron chi connectivity index (χ1n) is 6.88. The molecule has 0 atom stereocenters. The maximum Gasteiger partial charge on any atom is 0.341 e. The summed E-state index contributed by atoms with van der Waals surface area (Å²) in [6, 6.07) is 1.38. The number of thiophene rings is 1. The maximum absolute atomic E-state index is 12.5. The molecule has 0 spiro atoms. The van der Waals surface area contributed by atoms with Crippen LogP contribution in [0.5, 0.6) is 11.9 Å². The maximum atomic E-state index is 12.5. The first-order valence-corrected chi connectivity index (χ1v) is 7.69. The minimum Gasteiger partial charge on any atom is -0.481 e. The highest BCUT2D eigenvalue weighted by Crippen LogP contribution is 2.33. The lowest BCUT2D eigenvalue weighted by Gasteiger charge is -2.08. The van der Waals surface area contributed by atoms with Gasteiger partial charge in [0.2, 0.25) is 5.88 Å². The molecule has 0 saturated carbocycles. The molecule has 1 amide bonds. The molecule has 0 fully saturated rings. The second kappa shape index (κ2) is 7.26. The number of nitrogens with one attached hydrogen (secondary N) is 1. The summed E-state index contributed by atoms with van der Waals surface area (Å²) < 4.78 is 14.7. The summed E-state index contributed by atoms with van der Waals surface area (Å²) in [7, 11) is 4.10. The molecule has 1 N–H and O–H groups in total. The van der Waals surface area contributed by atoms with E-state index >= 15 is 0 Å². The Hall–Kier alpha value is -2.68. The van der Waals surface area contributed by atoms with Gasteiger partial charge in [-0.2, -0.15) is 9.97 Å². The monoisotopic (exact) mass is 351 g/mol. The third-order valence-electron chi connectivity index (χ3n) is 3.31. The number of nitrogens with zero attached hydrogens (tertiary/aromatic N) is 2. The minimum absolute atomic E-state index is 0.00577. The Bertz CT molecular complexity index is 765. The number of hydrogen-bond acceptors (Lipinski definition) is 8. The average molecular weight is 351 g/mol. The van der Waals surface area contributed by atoms with Gasteiger partial charge in [-0.25, -0.2) is 4.79 Å². The SMILES string of the molecule is COC(=O)c1c(NC(=O)c2cc(OC)nc(OC)n2)sc(C)c1C. The number of carbonyl (C=O) groups excluding carboxylic acids is 2. The van der Waals surface area contributed by atoms with Crippen LogP contribution in [0.2, 0.25) is 0 Å². The van der Waals surface area contributed by atoms with Crippen molar-refractivity contribution in [2.45, 2.75) is 13.8 Å². The van der Waals surface area contributed by atoms with E-state index in [9.17, 15) is 9.59 Å². The van der Waals surface area contributed by atoms with Gasteiger partial charge >= 0.3 is 12.0 Å². The molecule has 0 aliphatic rings. The molecule has 0 aliphatic carbocycles. The lowest BCUT2D eigenvalue weighted by atomic mass is 10.1. The van der Waals surface area contributed by atoms with Crippen LogP contribution in [0.3, 0.4) is 0 Å². The van der Waals surface area contributed by atoms with Crippen LogP contribution in [0, 0.1) is 13.8 Å². The third kappa shape index (κ3) is 3.46. The number of aromatic nitrogens is 2. The van der Waals surface area contributed by atoms with Crippen LogP contribution < -0.4 is 14.8 Å². The van der Waals surface area contributed by atoms with E-state index in [1.165, 1.54) is 38.7 Å². The van der Waals surface area contributed by atoms with Gasteiger partial charge in [0.1, 0.15) is 10.7 Å². The molecule has 8 nitrogen and oxygen atoms in total. The number of hydrogen-bond donors (Lipinski definition) is 1. The number of ether oxygens (including phenoxy) is 3. The van der Waals surface area contributed by atoms with Gasteiger partial charge in [0.05, 0.1) is 26.9 Å². The highest BCUT2D eigenvalue weighted by molar-refractivity contribution is 7.16. The zero-order valence-corrected chi connectivity index (χ0v) is 14.7. The first-order chi connectivity index (χ1) is 11.4. The predicted octanol–water partition coefficient (Wildman–Crippen LogP) is 2.21. The van der Waals surface area contributed by atoms with E-state index in [4.69, 9.17) is 14.2 Å². The van der Waals surface area contributed by atoms with Crippen LogP contribution in [0.25, 0.3) is 0 Å². The van der Waals surface area contributed by atoms with Crippen molar-refractivity contribution in [3.8, 4) is 11.9 Å². The zero-order chi connectivity index (χ0) is 17.9. The fourth-order valence-corrected chi connectivity index (χ4v) is 2.99. The predicted molar refractivity (Wildman–Crippen MR) is 88.2 cm³/mol. The number of anilines is 1. The van der Waals surface area contributed by atoms with Crippen LogP contribution >= 0.6 is 11.3 Å². The molecule has 128 valence electrons. The lowest BCUT2D eigenvalue weighted by Crippen LogP contribution is -2.16. The standard InChI is InChI=1S/C15H17N3O5S/c1-7-8(2)24-13(11(7)14(20)22-4)18-12(19)9-6-10(21-3)17-15(16-9)23-5/h6H,1-5H3,(H,18,19). The van der Waals surface area contributed by atoms with Crippen molar-refractivity contribution in [1.82, 2.24) is 9.97 Å². The Morgan fingerprint density at radius 2 is 1.83 bits per heavy atom. The molecular formula is C15H17N3O5S. The van der Waals surface area contributed by atoms with Crippen LogP contribution in [-0.4, -0.2) is 43.2 Å². The quantitative estimate of drug-likeness (QED) is 0.824. The highest BCUT2D eigenvalue weighted by Gasteiger charge is 2.23. The van der Waals surface area contributed by atoms with Crippen molar-refractivity contribution in [1.29, 1.82) is 0 Å². The summed E-state index contributed by atoms with van der Waals surface area (Å²) >= 11 is 1.29. The van der Waals surface area contributed by atoms with Gasteiger partial charge in [-0.1, -0.05) is 0 Å². The number of rotatable bonds is 5. The van der Waals surface area contributed by atoms with Crippen molar-refractivity contribution in [3.05, 3.63) is 27.8 Å². The molecule has 24 heavy (non-hydrogen) atoms. The largest absolute Gasteiger partial charge is 0.481 e. The first kappa shape index (κ1) is 17.7. The van der Waals surface area contributed by atoms with E-state index in [-0.39, 0.29) is 17.6 Å². The fraction of sp³-hybridized carbons (Fsp3) is 0.333. The van der Waals surface area contributed by atoms with Crippen LogP contribution in [0.1, 0.15) is 31.3 Å². The smallest absolute Gasteiger partial charge is 0.341 e. The summed E-state index contributed by atoms with van der Waals surface area (Å²) in [5.41, 5.74) is 1.15. The molecular weight excluding hydrogens is 334 g/mol. The van der Waals surface area contributed by atoms with E-state index in [1.807, 2.05) is 6.92 Å². The van der Waals surface area contributed by atoms with E-state index in [0.717, 1.165) is 10.4 Å². The molecule has 0 saturated heterocycles. The fourth-order valence-electron chi connectivity index (χ4n) is 1.95. The van der Waals surface area contributed by atoms with E-state index < -0.39 is 11.9 Å². The Morgan fingerprint density at radius 3 is 2.42 bits per heavy atom. The zero-order valence-electron chi connectivity index (χ0n) is 13.9. The summed E-state index contributed by atoms with van der Waals surface area (Å²) in [5, 5.41) is 3.08. The van der Waals surface area contributed by atoms with Crippen molar-refractivity contribution in [3.63, 3.8) is 0 Å². The molecule has 2 aromatic rings. The van der Waals surface area contributed by atoms with Gasteiger partial charge in [-0.05, 0) is 19.4 Å². The summed E-state index contributed by atoms with van der Waals surface area (Å²) in [4.78, 5) is 33.2. The van der Waals surface area contributed by atoms with Gasteiger partial charge in [-0.3, -0.25) is 4.79 Å². The second-order valence-electron chi connectivity index (χ2n) is 4.72. The van der Waals surface area contributed by atoms with Crippen molar-refractivity contribution < 1.29 is 23.8 Å². The Balaban J connectivity index is 2.37. The lowest BCUT2D eigenvalue weighted by molar-refractivity contribution is 0.0601. The molecule has 2 aromatic heterocycles. The number of methoxy groups -OCH3 is 3. The van der Waals surface area contributed by atoms with Gasteiger partial charge in [0.15, 0.2) is 0 Å². The van der Waals surface area contributed by atoms with Crippen molar-refractivity contribution in [2.75, 3.05) is 26.6 Å². The molecule has 0 radical (unpaired) electrons. The normalized spacial score (nSPS) is 10.2. The summed E-state index contributed by atoms with van der Waals surface area (Å²) in [6.07, 6.45) is 0. The Kier molecular flexibility index (Phi) is 5.35. The minimum atomic E-state index is -0.514. The molecule has 0 aromatic carbocycles. The van der Waals surface area contributed by atoms with Crippen LogP contribution in [-0.2, 0) is 4.74 Å². The van der Waals surface area contributed by atoms with E-state index in [0.29, 0.717) is 10.6 Å². The molecule has 2 heterocycles. The van der Waals surface area contributed by atoms with E-state index in [2.05, 4.69) is 15.3 Å². The highest BCUT2D eigenvalue weighted by atomic mass is 32.1. The summed E-state index contributed by atoms with van der Waals surface area (Å²) in [6.45, 7) is 3.66. The van der Waals surface area contributed by atoms with Crippen molar-refractivity contribution >= 4 is 28.2 Å². The van der Waals surface area contributed by atoms with Crippen LogP contribution in [0.4, 0.5) is 5.00 Å². The van der Waals surface area contributed by atoms with Gasteiger partial charge < -0.3 is 19.5 Å². The average Bonchev–Trinajstić information content (AvgIpc) is 2.87. The number of esters is 1. The van der Waals surface area contributed by atoms with Crippen molar-refractivity contribution in [2.24, 2.45) is 0 Å². The Labute approximate surface area is 142 Å². The number of amides is 1. The summed E-state index contributed by atoms with van der Waals surface area (Å²) in [5.74, 6) is -0.830. The second-order valence-corrected chi connectivity index (χ2v) is 5.94. The molecule has 0 aliphatic heterocycles. The van der Waals surface area contributed by atoms with Gasteiger partial charge in [0.25, 0.3) is 5.91 Å². The van der Waals surface area contributed by atoms with Gasteiger partial charge in [-0.15, -0.1) is 11.3 Å². The van der Waals surface area contributed by atoms with Gasteiger partial charge in [0, 0.05) is 10.9 Å².